The predicted octanol–water partition coefficient (Wildman–Crippen LogP) is 2.41. The van der Waals surface area contributed by atoms with Crippen LogP contribution in [0.2, 0.25) is 0 Å². The number of aromatic nitrogens is 2. The lowest BCUT2D eigenvalue weighted by Gasteiger charge is -2.03. The summed E-state index contributed by atoms with van der Waals surface area (Å²) in [6.45, 7) is 4.46. The van der Waals surface area contributed by atoms with Gasteiger partial charge in [-0.2, -0.15) is 0 Å². The number of benzene rings is 1. The third kappa shape index (κ3) is 2.56. The lowest BCUT2D eigenvalue weighted by Crippen LogP contribution is -1.94. The third-order valence-electron chi connectivity index (χ3n) is 2.02. The van der Waals surface area contributed by atoms with Crippen molar-refractivity contribution in [2.24, 2.45) is 5.73 Å². The van der Waals surface area contributed by atoms with Gasteiger partial charge in [0.15, 0.2) is 0 Å². The van der Waals surface area contributed by atoms with Gasteiger partial charge in [0.2, 0.25) is 0 Å². The van der Waals surface area contributed by atoms with E-state index in [9.17, 15) is 0 Å². The second-order valence-corrected chi connectivity index (χ2v) is 4.62. The van der Waals surface area contributed by atoms with E-state index < -0.39 is 0 Å². The number of nitrogens with two attached hydrogens (primary N) is 1. The Morgan fingerprint density at radius 1 is 1.19 bits per heavy atom. The summed E-state index contributed by atoms with van der Waals surface area (Å²) in [5, 5.41) is 9.11. The van der Waals surface area contributed by atoms with Crippen LogP contribution < -0.4 is 10.5 Å². The molecular formula is C11H13N3OS. The Morgan fingerprint density at radius 2 is 1.88 bits per heavy atom. The summed E-state index contributed by atoms with van der Waals surface area (Å²) in [5.74, 6) is 0.789. The highest BCUT2D eigenvalue weighted by Crippen LogP contribution is 2.26. The second-order valence-electron chi connectivity index (χ2n) is 3.59. The van der Waals surface area contributed by atoms with E-state index in [1.807, 2.05) is 26.0 Å². The van der Waals surface area contributed by atoms with Crippen molar-refractivity contribution >= 4 is 11.3 Å². The van der Waals surface area contributed by atoms with Gasteiger partial charge in [-0.15, -0.1) is 5.10 Å². The molecule has 16 heavy (non-hydrogen) atoms. The summed E-state index contributed by atoms with van der Waals surface area (Å²) >= 11 is 1.37. The first-order valence-corrected chi connectivity index (χ1v) is 5.77. The smallest absolute Gasteiger partial charge is 0.299 e. The summed E-state index contributed by atoms with van der Waals surface area (Å²) in [7, 11) is 0. The number of hydrogen-bond acceptors (Lipinski definition) is 5. The molecule has 1 aromatic carbocycles. The van der Waals surface area contributed by atoms with E-state index in [1.54, 1.807) is 0 Å². The predicted molar refractivity (Wildman–Crippen MR) is 63.8 cm³/mol. The summed E-state index contributed by atoms with van der Waals surface area (Å²) in [6, 6.07) is 6.03. The van der Waals surface area contributed by atoms with Gasteiger partial charge in [-0.1, -0.05) is 22.5 Å². The van der Waals surface area contributed by atoms with Crippen molar-refractivity contribution in [3.05, 3.63) is 34.3 Å². The quantitative estimate of drug-likeness (QED) is 0.887. The molecule has 0 atom stereocenters. The van der Waals surface area contributed by atoms with Crippen molar-refractivity contribution < 1.29 is 4.74 Å². The Hall–Kier alpha value is -1.46. The Morgan fingerprint density at radius 3 is 2.44 bits per heavy atom. The van der Waals surface area contributed by atoms with Gasteiger partial charge in [0.1, 0.15) is 10.8 Å². The van der Waals surface area contributed by atoms with Crippen LogP contribution in [-0.2, 0) is 6.54 Å². The Balaban J connectivity index is 2.19. The van der Waals surface area contributed by atoms with Crippen LogP contribution in [0.1, 0.15) is 16.1 Å². The van der Waals surface area contributed by atoms with Gasteiger partial charge in [-0.3, -0.25) is 0 Å². The molecule has 0 amide bonds. The molecule has 0 fully saturated rings. The minimum atomic E-state index is 0.397. The molecule has 0 saturated heterocycles. The van der Waals surface area contributed by atoms with Gasteiger partial charge in [0.05, 0.1) is 0 Å². The van der Waals surface area contributed by atoms with Crippen molar-refractivity contribution in [1.82, 2.24) is 10.2 Å². The lowest BCUT2D eigenvalue weighted by molar-refractivity contribution is 0.472. The molecule has 1 aromatic heterocycles. The summed E-state index contributed by atoms with van der Waals surface area (Å²) in [5.41, 5.74) is 7.79. The maximum Gasteiger partial charge on any atom is 0.299 e. The molecule has 0 bridgehead atoms. The Labute approximate surface area is 98.1 Å². The maximum absolute atomic E-state index is 5.61. The van der Waals surface area contributed by atoms with Gasteiger partial charge in [-0.25, -0.2) is 0 Å². The zero-order valence-electron chi connectivity index (χ0n) is 9.23. The number of nitrogens with zero attached hydrogens (tertiary/aromatic N) is 2. The average molecular weight is 235 g/mol. The normalized spacial score (nSPS) is 10.4. The Kier molecular flexibility index (Phi) is 3.17. The number of aryl methyl sites for hydroxylation is 2. The van der Waals surface area contributed by atoms with Crippen molar-refractivity contribution in [1.29, 1.82) is 0 Å². The number of ether oxygens (including phenoxy) is 1. The molecule has 0 aliphatic rings. The monoisotopic (exact) mass is 235 g/mol. The number of hydrogen-bond donors (Lipinski definition) is 1. The van der Waals surface area contributed by atoms with Crippen molar-refractivity contribution in [2.45, 2.75) is 20.4 Å². The fraction of sp³-hybridized carbons (Fsp3) is 0.273. The molecule has 0 aliphatic carbocycles. The van der Waals surface area contributed by atoms with E-state index in [0.717, 1.165) is 10.8 Å². The van der Waals surface area contributed by atoms with E-state index in [4.69, 9.17) is 10.5 Å². The molecular weight excluding hydrogens is 222 g/mol. The first-order valence-electron chi connectivity index (χ1n) is 4.96. The fourth-order valence-corrected chi connectivity index (χ4v) is 2.04. The van der Waals surface area contributed by atoms with E-state index in [0.29, 0.717) is 11.7 Å². The average Bonchev–Trinajstić information content (AvgIpc) is 2.64. The lowest BCUT2D eigenvalue weighted by atomic mass is 10.1. The summed E-state index contributed by atoms with van der Waals surface area (Å²) in [4.78, 5) is 0. The standard InChI is InChI=1S/C11H13N3OS/c1-7-3-8(2)5-9(4-7)15-11-14-13-10(6-12)16-11/h3-5H,6,12H2,1-2H3. The van der Waals surface area contributed by atoms with E-state index >= 15 is 0 Å². The second kappa shape index (κ2) is 4.59. The van der Waals surface area contributed by atoms with Crippen LogP contribution >= 0.6 is 11.3 Å². The van der Waals surface area contributed by atoms with Gasteiger partial charge in [0.25, 0.3) is 5.19 Å². The fourth-order valence-electron chi connectivity index (χ4n) is 1.45. The van der Waals surface area contributed by atoms with Crippen molar-refractivity contribution in [2.75, 3.05) is 0 Å². The van der Waals surface area contributed by atoms with Gasteiger partial charge in [0, 0.05) is 6.54 Å². The molecule has 5 heteroatoms. The van der Waals surface area contributed by atoms with Gasteiger partial charge in [-0.05, 0) is 37.1 Å². The minimum absolute atomic E-state index is 0.397. The highest BCUT2D eigenvalue weighted by Gasteiger charge is 2.05. The van der Waals surface area contributed by atoms with Crippen LogP contribution in [0.25, 0.3) is 0 Å². The van der Waals surface area contributed by atoms with Crippen LogP contribution in [0.5, 0.6) is 10.9 Å². The van der Waals surface area contributed by atoms with Gasteiger partial charge < -0.3 is 10.5 Å². The Bertz CT molecular complexity index is 475. The molecule has 2 aromatic rings. The van der Waals surface area contributed by atoms with Crippen LogP contribution in [0.4, 0.5) is 0 Å². The zero-order chi connectivity index (χ0) is 11.5. The summed E-state index contributed by atoms with van der Waals surface area (Å²) < 4.78 is 5.61. The minimum Gasteiger partial charge on any atom is -0.430 e. The van der Waals surface area contributed by atoms with Gasteiger partial charge >= 0.3 is 0 Å². The molecule has 2 N–H and O–H groups in total. The zero-order valence-corrected chi connectivity index (χ0v) is 10.0. The molecule has 0 spiro atoms. The molecule has 0 saturated carbocycles. The first kappa shape index (κ1) is 11.0. The largest absolute Gasteiger partial charge is 0.430 e. The molecule has 84 valence electrons. The molecule has 0 unspecified atom stereocenters. The number of rotatable bonds is 3. The van der Waals surface area contributed by atoms with Crippen molar-refractivity contribution in [3.63, 3.8) is 0 Å². The SMILES string of the molecule is Cc1cc(C)cc(Oc2nnc(CN)s2)c1. The van der Waals surface area contributed by atoms with Crippen LogP contribution in [-0.4, -0.2) is 10.2 Å². The van der Waals surface area contributed by atoms with E-state index in [-0.39, 0.29) is 0 Å². The molecule has 0 aliphatic heterocycles. The maximum atomic E-state index is 5.61. The van der Waals surface area contributed by atoms with Crippen LogP contribution in [0.15, 0.2) is 18.2 Å². The highest BCUT2D eigenvalue weighted by molar-refractivity contribution is 7.13. The molecule has 1 heterocycles. The van der Waals surface area contributed by atoms with Crippen LogP contribution in [0, 0.1) is 13.8 Å². The van der Waals surface area contributed by atoms with Crippen LogP contribution in [0.3, 0.4) is 0 Å². The van der Waals surface area contributed by atoms with E-state index in [1.165, 1.54) is 22.5 Å². The van der Waals surface area contributed by atoms with Crippen molar-refractivity contribution in [3.8, 4) is 10.9 Å². The third-order valence-corrected chi connectivity index (χ3v) is 2.85. The topological polar surface area (TPSA) is 61.0 Å². The molecule has 0 radical (unpaired) electrons. The summed E-state index contributed by atoms with van der Waals surface area (Å²) in [6.07, 6.45) is 0. The van der Waals surface area contributed by atoms with E-state index in [2.05, 4.69) is 16.3 Å². The highest BCUT2D eigenvalue weighted by atomic mass is 32.1. The first-order chi connectivity index (χ1) is 7.67. The molecule has 4 nitrogen and oxygen atoms in total. The molecule has 2 rings (SSSR count).